The number of hydrogen-bond donors (Lipinski definition) is 1. The van der Waals surface area contributed by atoms with Gasteiger partial charge in [0, 0.05) is 0 Å². The molecule has 8 nitrogen and oxygen atoms in total. The third-order valence-corrected chi connectivity index (χ3v) is 7.36. The zero-order valence-electron chi connectivity index (χ0n) is 19.9. The molecule has 1 aliphatic rings. The van der Waals surface area contributed by atoms with Crippen molar-refractivity contribution in [3.8, 4) is 11.5 Å². The Morgan fingerprint density at radius 3 is 2.28 bits per heavy atom. The lowest BCUT2D eigenvalue weighted by Gasteiger charge is -2.25. The maximum absolute atomic E-state index is 15.0. The number of para-hydroxylation sites is 1. The number of fused-ring (bicyclic) bond motifs is 1. The predicted octanol–water partition coefficient (Wildman–Crippen LogP) is 4.06. The van der Waals surface area contributed by atoms with Crippen LogP contribution in [0.5, 0.6) is 11.5 Å². The maximum Gasteiger partial charge on any atom is 0.573 e. The molecule has 0 fully saturated rings. The zero-order valence-corrected chi connectivity index (χ0v) is 21.5. The lowest BCUT2D eigenvalue weighted by Crippen LogP contribution is -2.45. The molecule has 1 heterocycles. The summed E-state index contributed by atoms with van der Waals surface area (Å²) >= 11 is 0. The van der Waals surface area contributed by atoms with E-state index in [1.54, 1.807) is 30.3 Å². The normalized spacial score (nSPS) is 16.5. The van der Waals surface area contributed by atoms with Gasteiger partial charge in [0.25, 0.3) is 0 Å². The molecular weight excluding hydrogens is 568 g/mol. The molecular formula is C25H21ClF4N2O6S. The van der Waals surface area contributed by atoms with Gasteiger partial charge < -0.3 is 20.1 Å². The summed E-state index contributed by atoms with van der Waals surface area (Å²) < 4.78 is 87.4. The van der Waals surface area contributed by atoms with Gasteiger partial charge in [0.05, 0.1) is 34.5 Å². The molecule has 3 aromatic rings. The molecule has 1 atom stereocenters. The summed E-state index contributed by atoms with van der Waals surface area (Å²) in [7, 11) is -4.25. The van der Waals surface area contributed by atoms with E-state index in [4.69, 9.17) is 10.5 Å². The van der Waals surface area contributed by atoms with Crippen molar-refractivity contribution in [1.82, 2.24) is 0 Å². The molecule has 1 amide bonds. The number of nitrogens with zero attached hydrogens (tertiary/aromatic N) is 1. The Kier molecular flexibility index (Phi) is 8.88. The lowest BCUT2D eigenvalue weighted by atomic mass is 10.1. The first-order valence-electron chi connectivity index (χ1n) is 11.0. The number of ether oxygens (including phenoxy) is 2. The van der Waals surface area contributed by atoms with Crippen LogP contribution in [0.25, 0.3) is 0 Å². The molecule has 0 aliphatic carbocycles. The Labute approximate surface area is 226 Å². The predicted molar refractivity (Wildman–Crippen MR) is 134 cm³/mol. The van der Waals surface area contributed by atoms with Crippen molar-refractivity contribution < 1.29 is 45.0 Å². The molecule has 208 valence electrons. The minimum atomic E-state index is -4.90. The molecule has 14 heteroatoms. The van der Waals surface area contributed by atoms with Crippen molar-refractivity contribution in [3.05, 3.63) is 83.7 Å². The van der Waals surface area contributed by atoms with E-state index in [1.165, 1.54) is 12.1 Å². The number of carbonyl (C=O) groups is 2. The summed E-state index contributed by atoms with van der Waals surface area (Å²) in [6.45, 7) is -0.901. The summed E-state index contributed by atoms with van der Waals surface area (Å²) in [6.07, 6.45) is -4.90. The van der Waals surface area contributed by atoms with Gasteiger partial charge in [-0.15, -0.1) is 25.6 Å². The highest BCUT2D eigenvalue weighted by Gasteiger charge is 2.37. The number of Topliss-reactive ketones (excluding diaryl/α,β-unsaturated/α-hetero) is 1. The summed E-state index contributed by atoms with van der Waals surface area (Å²) in [6, 6.07) is 12.8. The molecule has 3 aromatic carbocycles. The number of halogens is 5. The molecule has 0 saturated carbocycles. The smallest absolute Gasteiger partial charge is 0.485 e. The highest BCUT2D eigenvalue weighted by molar-refractivity contribution is 7.91. The first-order chi connectivity index (χ1) is 17.8. The van der Waals surface area contributed by atoms with Crippen molar-refractivity contribution >= 4 is 39.6 Å². The Hall–Kier alpha value is -3.68. The van der Waals surface area contributed by atoms with Crippen LogP contribution in [0.2, 0.25) is 0 Å². The average Bonchev–Trinajstić information content (AvgIpc) is 2.91. The van der Waals surface area contributed by atoms with Crippen LogP contribution >= 0.6 is 12.4 Å². The highest BCUT2D eigenvalue weighted by atomic mass is 35.5. The Morgan fingerprint density at radius 1 is 1.03 bits per heavy atom. The van der Waals surface area contributed by atoms with E-state index in [1.807, 2.05) is 0 Å². The minimum absolute atomic E-state index is 0. The van der Waals surface area contributed by atoms with Gasteiger partial charge in [0.1, 0.15) is 17.3 Å². The van der Waals surface area contributed by atoms with E-state index in [-0.39, 0.29) is 30.2 Å². The molecule has 0 radical (unpaired) electrons. The molecule has 2 N–H and O–H groups in total. The van der Waals surface area contributed by atoms with Crippen LogP contribution in [0.4, 0.5) is 23.2 Å². The molecule has 39 heavy (non-hydrogen) atoms. The SMILES string of the molecule is Cl.N[C@H]1CS(=O)(=O)c2cc(F)c(C(=O)COc3ccccc3)cc2N(Cc2ccc(OC(F)(F)F)cc2)C1=O. The number of amides is 1. The zero-order chi connectivity index (χ0) is 27.7. The second kappa shape index (κ2) is 11.6. The molecule has 0 bridgehead atoms. The first kappa shape index (κ1) is 29.9. The minimum Gasteiger partial charge on any atom is -0.485 e. The third-order valence-electron chi connectivity index (χ3n) is 5.57. The second-order valence-electron chi connectivity index (χ2n) is 8.33. The number of nitrogens with two attached hydrogens (primary N) is 1. The fourth-order valence-corrected chi connectivity index (χ4v) is 5.38. The van der Waals surface area contributed by atoms with Crippen molar-refractivity contribution in [2.24, 2.45) is 5.73 Å². The van der Waals surface area contributed by atoms with Gasteiger partial charge in [-0.3, -0.25) is 9.59 Å². The summed E-state index contributed by atoms with van der Waals surface area (Å²) in [4.78, 5) is 26.3. The van der Waals surface area contributed by atoms with Crippen LogP contribution in [0.15, 0.2) is 71.6 Å². The van der Waals surface area contributed by atoms with Crippen molar-refractivity contribution in [2.75, 3.05) is 17.3 Å². The number of sulfone groups is 1. The maximum atomic E-state index is 15.0. The highest BCUT2D eigenvalue weighted by Crippen LogP contribution is 2.34. The Bertz CT molecular complexity index is 1470. The van der Waals surface area contributed by atoms with Crippen molar-refractivity contribution in [1.29, 1.82) is 0 Å². The standard InChI is InChI=1S/C25H20F4N2O6S.ClH/c26-19-11-23-21(10-18(19)22(32)13-36-16-4-2-1-3-5-16)31(24(33)20(30)14-38(23,34)35)12-15-6-8-17(9-7-15)37-25(27,28)29;/h1-11,20H,12-14,30H2;1H/t20-;/m0./s1. The van der Waals surface area contributed by atoms with Crippen LogP contribution in [0.1, 0.15) is 15.9 Å². The van der Waals surface area contributed by atoms with E-state index in [9.17, 15) is 35.6 Å². The van der Waals surface area contributed by atoms with Crippen LogP contribution < -0.4 is 20.1 Å². The first-order valence-corrected chi connectivity index (χ1v) is 12.7. The summed E-state index contributed by atoms with van der Waals surface area (Å²) in [5.41, 5.74) is 5.30. The molecule has 0 spiro atoms. The third kappa shape index (κ3) is 7.05. The number of alkyl halides is 3. The van der Waals surface area contributed by atoms with Gasteiger partial charge in [0.2, 0.25) is 11.7 Å². The Morgan fingerprint density at radius 2 is 1.67 bits per heavy atom. The number of benzene rings is 3. The van der Waals surface area contributed by atoms with Gasteiger partial charge >= 0.3 is 6.36 Å². The van der Waals surface area contributed by atoms with Crippen LogP contribution in [0.3, 0.4) is 0 Å². The fraction of sp³-hybridized carbons (Fsp3) is 0.200. The van der Waals surface area contributed by atoms with Crippen LogP contribution in [0, 0.1) is 5.82 Å². The van der Waals surface area contributed by atoms with Gasteiger partial charge in [0.15, 0.2) is 16.4 Å². The van der Waals surface area contributed by atoms with E-state index in [2.05, 4.69) is 4.74 Å². The lowest BCUT2D eigenvalue weighted by molar-refractivity contribution is -0.274. The van der Waals surface area contributed by atoms with Gasteiger partial charge in [-0.05, 0) is 42.0 Å². The number of ketones is 1. The average molecular weight is 589 g/mol. The van der Waals surface area contributed by atoms with E-state index < -0.39 is 68.3 Å². The van der Waals surface area contributed by atoms with Crippen LogP contribution in [-0.2, 0) is 21.2 Å². The van der Waals surface area contributed by atoms with E-state index in [0.29, 0.717) is 11.8 Å². The number of anilines is 1. The summed E-state index contributed by atoms with van der Waals surface area (Å²) in [5.74, 6) is -3.76. The molecule has 4 rings (SSSR count). The van der Waals surface area contributed by atoms with Crippen molar-refractivity contribution in [3.63, 3.8) is 0 Å². The number of hydrogen-bond acceptors (Lipinski definition) is 7. The number of rotatable bonds is 7. The van der Waals surface area contributed by atoms with Crippen molar-refractivity contribution in [2.45, 2.75) is 23.8 Å². The fourth-order valence-electron chi connectivity index (χ4n) is 3.82. The van der Waals surface area contributed by atoms with Gasteiger partial charge in [-0.25, -0.2) is 12.8 Å². The number of carbonyl (C=O) groups excluding carboxylic acids is 2. The van der Waals surface area contributed by atoms with Gasteiger partial charge in [-0.2, -0.15) is 0 Å². The second-order valence-corrected chi connectivity index (χ2v) is 10.3. The molecule has 1 aliphatic heterocycles. The monoisotopic (exact) mass is 588 g/mol. The van der Waals surface area contributed by atoms with Crippen LogP contribution in [-0.4, -0.2) is 44.9 Å². The molecule has 0 aromatic heterocycles. The quantitative estimate of drug-likeness (QED) is 0.327. The largest absolute Gasteiger partial charge is 0.573 e. The topological polar surface area (TPSA) is 116 Å². The van der Waals surface area contributed by atoms with Gasteiger partial charge in [-0.1, -0.05) is 30.3 Å². The van der Waals surface area contributed by atoms with E-state index >= 15 is 0 Å². The summed E-state index contributed by atoms with van der Waals surface area (Å²) in [5, 5.41) is 0. The molecule has 0 saturated heterocycles. The van der Waals surface area contributed by atoms with E-state index in [0.717, 1.165) is 23.1 Å². The Balaban J connectivity index is 0.00000420. The molecule has 0 unspecified atom stereocenters.